The Morgan fingerprint density at radius 3 is 3.00 bits per heavy atom. The lowest BCUT2D eigenvalue weighted by Gasteiger charge is -2.36. The lowest BCUT2D eigenvalue weighted by atomic mass is 9.88. The van der Waals surface area contributed by atoms with Crippen LogP contribution in [-0.4, -0.2) is 37.1 Å². The molecule has 2 fully saturated rings. The predicted octanol–water partition coefficient (Wildman–Crippen LogP) is 0.549. The molecular weight excluding hydrogens is 160 g/mol. The summed E-state index contributed by atoms with van der Waals surface area (Å²) >= 11 is 0. The van der Waals surface area contributed by atoms with E-state index in [9.17, 15) is 0 Å². The van der Waals surface area contributed by atoms with E-state index in [-0.39, 0.29) is 0 Å². The maximum absolute atomic E-state index is 5.43. The summed E-state index contributed by atoms with van der Waals surface area (Å²) in [6, 6.07) is 0.321. The Hall–Kier alpha value is -0.520. The van der Waals surface area contributed by atoms with Crippen LogP contribution in [0.1, 0.15) is 13.3 Å². The van der Waals surface area contributed by atoms with Gasteiger partial charge in [-0.3, -0.25) is 4.90 Å². The Kier molecular flexibility index (Phi) is 2.57. The first-order chi connectivity index (χ1) is 6.31. The fraction of sp³-hybridized carbons (Fsp3) is 0.818. The van der Waals surface area contributed by atoms with Crippen molar-refractivity contribution in [2.45, 2.75) is 19.4 Å². The van der Waals surface area contributed by atoms with Gasteiger partial charge in [-0.2, -0.15) is 0 Å². The highest BCUT2D eigenvalue weighted by Crippen LogP contribution is 2.27. The van der Waals surface area contributed by atoms with E-state index in [0.717, 1.165) is 11.8 Å². The SMILES string of the molecule is C#CC(C)N1CCC2CNCC2C1. The molecule has 3 unspecified atom stereocenters. The van der Waals surface area contributed by atoms with Crippen molar-refractivity contribution in [2.75, 3.05) is 26.2 Å². The molecule has 0 aromatic carbocycles. The molecule has 0 spiro atoms. The van der Waals surface area contributed by atoms with E-state index in [4.69, 9.17) is 6.42 Å². The van der Waals surface area contributed by atoms with Gasteiger partial charge in [0.1, 0.15) is 0 Å². The number of terminal acetylenes is 1. The van der Waals surface area contributed by atoms with E-state index in [1.54, 1.807) is 0 Å². The number of likely N-dealkylation sites (tertiary alicyclic amines) is 1. The molecule has 0 radical (unpaired) electrons. The molecule has 2 rings (SSSR count). The van der Waals surface area contributed by atoms with Gasteiger partial charge in [0.25, 0.3) is 0 Å². The van der Waals surface area contributed by atoms with E-state index in [1.165, 1.54) is 32.6 Å². The maximum Gasteiger partial charge on any atom is 0.0683 e. The molecule has 13 heavy (non-hydrogen) atoms. The molecule has 0 amide bonds. The summed E-state index contributed by atoms with van der Waals surface area (Å²) in [7, 11) is 0. The van der Waals surface area contributed by atoms with Crippen LogP contribution in [0.2, 0.25) is 0 Å². The number of rotatable bonds is 1. The summed E-state index contributed by atoms with van der Waals surface area (Å²) in [5, 5.41) is 3.46. The Morgan fingerprint density at radius 1 is 1.46 bits per heavy atom. The monoisotopic (exact) mass is 178 g/mol. The van der Waals surface area contributed by atoms with Crippen molar-refractivity contribution in [3.8, 4) is 12.3 Å². The first-order valence-electron chi connectivity index (χ1n) is 5.22. The van der Waals surface area contributed by atoms with Crippen molar-refractivity contribution in [2.24, 2.45) is 11.8 Å². The van der Waals surface area contributed by atoms with Crippen LogP contribution < -0.4 is 5.32 Å². The van der Waals surface area contributed by atoms with Crippen LogP contribution in [0.15, 0.2) is 0 Å². The second-order valence-electron chi connectivity index (χ2n) is 4.30. The molecule has 2 nitrogen and oxygen atoms in total. The fourth-order valence-corrected chi connectivity index (χ4v) is 2.52. The van der Waals surface area contributed by atoms with Crippen molar-refractivity contribution in [3.63, 3.8) is 0 Å². The van der Waals surface area contributed by atoms with Gasteiger partial charge in [0.05, 0.1) is 6.04 Å². The molecule has 0 saturated carbocycles. The van der Waals surface area contributed by atoms with Gasteiger partial charge in [-0.25, -0.2) is 0 Å². The van der Waals surface area contributed by atoms with Crippen LogP contribution >= 0.6 is 0 Å². The minimum Gasteiger partial charge on any atom is -0.316 e. The average Bonchev–Trinajstić information content (AvgIpc) is 2.63. The van der Waals surface area contributed by atoms with Gasteiger partial charge in [0.2, 0.25) is 0 Å². The standard InChI is InChI=1S/C11H18N2/c1-3-9(2)13-5-4-10-6-12-7-11(10)8-13/h1,9-12H,4-8H2,2H3. The second-order valence-corrected chi connectivity index (χ2v) is 4.30. The van der Waals surface area contributed by atoms with E-state index < -0.39 is 0 Å². The third kappa shape index (κ3) is 1.72. The molecule has 2 heteroatoms. The summed E-state index contributed by atoms with van der Waals surface area (Å²) in [6.45, 7) is 6.93. The molecule has 2 aliphatic rings. The number of nitrogens with zero attached hydrogens (tertiary/aromatic N) is 1. The van der Waals surface area contributed by atoms with Gasteiger partial charge in [-0.05, 0) is 44.8 Å². The second kappa shape index (κ2) is 3.69. The van der Waals surface area contributed by atoms with Crippen LogP contribution in [0, 0.1) is 24.2 Å². The molecular formula is C11H18N2. The number of fused-ring (bicyclic) bond motifs is 1. The smallest absolute Gasteiger partial charge is 0.0683 e. The summed E-state index contributed by atoms with van der Waals surface area (Å²) in [4.78, 5) is 2.44. The first-order valence-corrected chi connectivity index (χ1v) is 5.22. The van der Waals surface area contributed by atoms with E-state index >= 15 is 0 Å². The zero-order valence-corrected chi connectivity index (χ0v) is 8.29. The highest BCUT2D eigenvalue weighted by Gasteiger charge is 2.33. The Morgan fingerprint density at radius 2 is 2.23 bits per heavy atom. The van der Waals surface area contributed by atoms with Crippen LogP contribution in [0.5, 0.6) is 0 Å². The summed E-state index contributed by atoms with van der Waals surface area (Å²) in [6.07, 6.45) is 6.76. The largest absolute Gasteiger partial charge is 0.316 e. The number of hydrogen-bond acceptors (Lipinski definition) is 2. The van der Waals surface area contributed by atoms with E-state index in [1.807, 2.05) is 0 Å². The molecule has 2 aliphatic heterocycles. The van der Waals surface area contributed by atoms with Crippen LogP contribution in [0.3, 0.4) is 0 Å². The third-order valence-corrected chi connectivity index (χ3v) is 3.52. The zero-order valence-electron chi connectivity index (χ0n) is 8.29. The van der Waals surface area contributed by atoms with Crippen LogP contribution in [0.25, 0.3) is 0 Å². The molecule has 0 bridgehead atoms. The maximum atomic E-state index is 5.43. The van der Waals surface area contributed by atoms with Crippen molar-refractivity contribution in [3.05, 3.63) is 0 Å². The van der Waals surface area contributed by atoms with Gasteiger partial charge < -0.3 is 5.32 Å². The van der Waals surface area contributed by atoms with Crippen LogP contribution in [-0.2, 0) is 0 Å². The average molecular weight is 178 g/mol. The number of nitrogens with one attached hydrogen (secondary N) is 1. The zero-order chi connectivity index (χ0) is 9.26. The van der Waals surface area contributed by atoms with Gasteiger partial charge >= 0.3 is 0 Å². The molecule has 1 N–H and O–H groups in total. The molecule has 2 saturated heterocycles. The summed E-state index contributed by atoms with van der Waals surface area (Å²) in [5.41, 5.74) is 0. The Balaban J connectivity index is 1.94. The Bertz CT molecular complexity index is 219. The third-order valence-electron chi connectivity index (χ3n) is 3.52. The minimum atomic E-state index is 0.321. The van der Waals surface area contributed by atoms with Crippen LogP contribution in [0.4, 0.5) is 0 Å². The van der Waals surface area contributed by atoms with Crippen molar-refractivity contribution < 1.29 is 0 Å². The fourth-order valence-electron chi connectivity index (χ4n) is 2.52. The Labute approximate surface area is 80.7 Å². The molecule has 72 valence electrons. The lowest BCUT2D eigenvalue weighted by molar-refractivity contribution is 0.133. The first kappa shape index (κ1) is 9.05. The van der Waals surface area contributed by atoms with Gasteiger partial charge in [0.15, 0.2) is 0 Å². The van der Waals surface area contributed by atoms with Gasteiger partial charge in [0, 0.05) is 6.54 Å². The number of piperidine rings is 1. The van der Waals surface area contributed by atoms with Crippen molar-refractivity contribution >= 4 is 0 Å². The normalized spacial score (nSPS) is 36.6. The van der Waals surface area contributed by atoms with Crippen molar-refractivity contribution in [1.82, 2.24) is 10.2 Å². The summed E-state index contributed by atoms with van der Waals surface area (Å²) in [5.74, 6) is 4.59. The number of hydrogen-bond donors (Lipinski definition) is 1. The van der Waals surface area contributed by atoms with Gasteiger partial charge in [-0.1, -0.05) is 5.92 Å². The lowest BCUT2D eigenvalue weighted by Crippen LogP contribution is -2.44. The minimum absolute atomic E-state index is 0.321. The predicted molar refractivity (Wildman–Crippen MR) is 54.3 cm³/mol. The molecule has 0 aromatic heterocycles. The van der Waals surface area contributed by atoms with E-state index in [2.05, 4.69) is 23.1 Å². The van der Waals surface area contributed by atoms with E-state index in [0.29, 0.717) is 6.04 Å². The molecule has 3 atom stereocenters. The topological polar surface area (TPSA) is 15.3 Å². The molecule has 0 aromatic rings. The summed E-state index contributed by atoms with van der Waals surface area (Å²) < 4.78 is 0. The quantitative estimate of drug-likeness (QED) is 0.590. The molecule has 0 aliphatic carbocycles. The molecule has 2 heterocycles. The van der Waals surface area contributed by atoms with Gasteiger partial charge in [-0.15, -0.1) is 6.42 Å². The highest BCUT2D eigenvalue weighted by atomic mass is 15.2. The van der Waals surface area contributed by atoms with Crippen molar-refractivity contribution in [1.29, 1.82) is 0 Å². The highest BCUT2D eigenvalue weighted by molar-refractivity contribution is 5.00.